The number of rotatable bonds is 6. The third kappa shape index (κ3) is 3.39. The number of nitrogens with zero attached hydrogens (tertiary/aromatic N) is 2. The number of hydrogen-bond donors (Lipinski definition) is 1. The third-order valence-corrected chi connectivity index (χ3v) is 4.09. The van der Waals surface area contributed by atoms with E-state index in [-0.39, 0.29) is 11.9 Å². The molecule has 22 heavy (non-hydrogen) atoms. The fraction of sp³-hybridized carbons (Fsp3) is 0.500. The summed E-state index contributed by atoms with van der Waals surface area (Å²) in [5, 5.41) is 2.73. The summed E-state index contributed by atoms with van der Waals surface area (Å²) in [6.07, 6.45) is 2.63. The van der Waals surface area contributed by atoms with Gasteiger partial charge in [0, 0.05) is 25.6 Å². The monoisotopic (exact) mass is 303 g/mol. The molecule has 0 radical (unpaired) electrons. The van der Waals surface area contributed by atoms with Crippen LogP contribution in [-0.4, -0.2) is 48.1 Å². The van der Waals surface area contributed by atoms with Gasteiger partial charge in [-0.3, -0.25) is 14.6 Å². The van der Waals surface area contributed by atoms with Crippen LogP contribution in [0.2, 0.25) is 0 Å². The van der Waals surface area contributed by atoms with Gasteiger partial charge in [-0.1, -0.05) is 12.1 Å². The van der Waals surface area contributed by atoms with Gasteiger partial charge in [0.25, 0.3) is 0 Å². The highest BCUT2D eigenvalue weighted by Gasteiger charge is 2.34. The predicted octanol–water partition coefficient (Wildman–Crippen LogP) is 1.56. The second kappa shape index (κ2) is 6.36. The lowest BCUT2D eigenvalue weighted by Crippen LogP contribution is -2.53. The van der Waals surface area contributed by atoms with Gasteiger partial charge in [-0.25, -0.2) is 4.79 Å². The molecule has 2 aliphatic rings. The quantitative estimate of drug-likeness (QED) is 0.866. The standard InChI is InChI=1S/C16H21N3O3/c1-22-14-6-2-12(3-7-14)10-18(13-4-5-13)11-19-15(20)8-9-17-16(19)21/h2-3,6-7,13H,4-5,8-11H2,1H3,(H,17,21). The smallest absolute Gasteiger partial charge is 0.325 e. The van der Waals surface area contributed by atoms with Crippen molar-refractivity contribution < 1.29 is 14.3 Å². The molecule has 0 aromatic heterocycles. The lowest BCUT2D eigenvalue weighted by molar-refractivity contribution is -0.131. The van der Waals surface area contributed by atoms with E-state index in [4.69, 9.17) is 4.74 Å². The van der Waals surface area contributed by atoms with Crippen LogP contribution in [0.5, 0.6) is 5.75 Å². The van der Waals surface area contributed by atoms with Crippen LogP contribution in [-0.2, 0) is 11.3 Å². The second-order valence-electron chi connectivity index (χ2n) is 5.77. The molecule has 2 fully saturated rings. The number of methoxy groups -OCH3 is 1. The van der Waals surface area contributed by atoms with Crippen molar-refractivity contribution in [2.24, 2.45) is 0 Å². The minimum absolute atomic E-state index is 0.0934. The first kappa shape index (κ1) is 14.8. The van der Waals surface area contributed by atoms with Gasteiger partial charge < -0.3 is 10.1 Å². The van der Waals surface area contributed by atoms with E-state index in [0.29, 0.717) is 25.7 Å². The molecule has 0 spiro atoms. The Morgan fingerprint density at radius 3 is 2.59 bits per heavy atom. The van der Waals surface area contributed by atoms with Crippen molar-refractivity contribution >= 4 is 11.9 Å². The van der Waals surface area contributed by atoms with Crippen LogP contribution < -0.4 is 10.1 Å². The Hall–Kier alpha value is -2.08. The number of hydrogen-bond acceptors (Lipinski definition) is 4. The zero-order valence-electron chi connectivity index (χ0n) is 12.7. The number of ether oxygens (including phenoxy) is 1. The largest absolute Gasteiger partial charge is 0.497 e. The Balaban J connectivity index is 1.67. The maximum Gasteiger partial charge on any atom is 0.325 e. The zero-order valence-corrected chi connectivity index (χ0v) is 12.7. The lowest BCUT2D eigenvalue weighted by Gasteiger charge is -2.32. The summed E-state index contributed by atoms with van der Waals surface area (Å²) >= 11 is 0. The molecule has 0 bridgehead atoms. The maximum atomic E-state index is 11.9. The van der Waals surface area contributed by atoms with E-state index in [1.807, 2.05) is 24.3 Å². The van der Waals surface area contributed by atoms with Crippen molar-refractivity contribution in [3.8, 4) is 5.75 Å². The molecule has 1 saturated carbocycles. The number of carbonyl (C=O) groups excluding carboxylic acids is 2. The first-order valence-corrected chi connectivity index (χ1v) is 7.62. The number of benzene rings is 1. The van der Waals surface area contributed by atoms with E-state index in [1.54, 1.807) is 7.11 Å². The Bertz CT molecular complexity index is 538. The molecule has 118 valence electrons. The maximum absolute atomic E-state index is 11.9. The van der Waals surface area contributed by atoms with Crippen LogP contribution in [0.25, 0.3) is 0 Å². The van der Waals surface area contributed by atoms with Crippen LogP contribution in [0, 0.1) is 0 Å². The van der Waals surface area contributed by atoms with Gasteiger partial charge in [-0.05, 0) is 30.5 Å². The highest BCUT2D eigenvalue weighted by Crippen LogP contribution is 2.29. The number of imide groups is 1. The van der Waals surface area contributed by atoms with Crippen molar-refractivity contribution in [1.29, 1.82) is 0 Å². The summed E-state index contributed by atoms with van der Waals surface area (Å²) in [5.74, 6) is 0.733. The summed E-state index contributed by atoms with van der Waals surface area (Å²) in [6.45, 7) is 1.53. The molecule has 1 aliphatic carbocycles. The molecule has 1 aromatic rings. The molecule has 1 heterocycles. The normalized spacial score (nSPS) is 18.5. The highest BCUT2D eigenvalue weighted by molar-refractivity contribution is 5.96. The fourth-order valence-corrected chi connectivity index (χ4v) is 2.64. The van der Waals surface area contributed by atoms with Gasteiger partial charge >= 0.3 is 6.03 Å². The van der Waals surface area contributed by atoms with Crippen LogP contribution in [0.3, 0.4) is 0 Å². The topological polar surface area (TPSA) is 61.9 Å². The molecule has 3 rings (SSSR count). The molecule has 1 N–H and O–H groups in total. The average Bonchev–Trinajstić information content (AvgIpc) is 3.35. The van der Waals surface area contributed by atoms with Crippen molar-refractivity contribution in [3.63, 3.8) is 0 Å². The van der Waals surface area contributed by atoms with Gasteiger partial charge in [-0.15, -0.1) is 0 Å². The lowest BCUT2D eigenvalue weighted by atomic mass is 10.2. The Morgan fingerprint density at radius 1 is 1.27 bits per heavy atom. The van der Waals surface area contributed by atoms with E-state index in [1.165, 1.54) is 4.90 Å². The van der Waals surface area contributed by atoms with Gasteiger partial charge in [0.2, 0.25) is 5.91 Å². The highest BCUT2D eigenvalue weighted by atomic mass is 16.5. The molecular formula is C16H21N3O3. The van der Waals surface area contributed by atoms with Gasteiger partial charge in [0.05, 0.1) is 13.8 Å². The molecule has 0 unspecified atom stereocenters. The first-order valence-electron chi connectivity index (χ1n) is 7.62. The van der Waals surface area contributed by atoms with Gasteiger partial charge in [-0.2, -0.15) is 0 Å². The van der Waals surface area contributed by atoms with E-state index in [0.717, 1.165) is 30.7 Å². The summed E-state index contributed by atoms with van der Waals surface area (Å²) in [5.41, 5.74) is 1.15. The molecule has 1 aliphatic heterocycles. The number of urea groups is 1. The summed E-state index contributed by atoms with van der Waals surface area (Å²) in [4.78, 5) is 27.3. The summed E-state index contributed by atoms with van der Waals surface area (Å²) in [6, 6.07) is 8.08. The average molecular weight is 303 g/mol. The van der Waals surface area contributed by atoms with E-state index < -0.39 is 0 Å². The van der Waals surface area contributed by atoms with Crippen LogP contribution in [0.1, 0.15) is 24.8 Å². The van der Waals surface area contributed by atoms with E-state index in [9.17, 15) is 9.59 Å². The third-order valence-electron chi connectivity index (χ3n) is 4.09. The molecule has 3 amide bonds. The molecule has 1 saturated heterocycles. The molecular weight excluding hydrogens is 282 g/mol. The SMILES string of the molecule is COc1ccc(CN(CN2C(=O)CCNC2=O)C2CC2)cc1. The van der Waals surface area contributed by atoms with Crippen LogP contribution >= 0.6 is 0 Å². The summed E-state index contributed by atoms with van der Waals surface area (Å²) < 4.78 is 5.16. The van der Waals surface area contributed by atoms with Gasteiger partial charge in [0.15, 0.2) is 0 Å². The van der Waals surface area contributed by atoms with E-state index >= 15 is 0 Å². The minimum atomic E-state index is -0.281. The second-order valence-corrected chi connectivity index (χ2v) is 5.77. The Morgan fingerprint density at radius 2 is 2.00 bits per heavy atom. The Labute approximate surface area is 130 Å². The molecule has 6 heteroatoms. The van der Waals surface area contributed by atoms with Crippen molar-refractivity contribution in [3.05, 3.63) is 29.8 Å². The zero-order chi connectivity index (χ0) is 15.5. The predicted molar refractivity (Wildman–Crippen MR) is 81.3 cm³/mol. The van der Waals surface area contributed by atoms with Crippen molar-refractivity contribution in [1.82, 2.24) is 15.1 Å². The summed E-state index contributed by atoms with van der Waals surface area (Å²) in [7, 11) is 1.64. The molecule has 0 atom stereocenters. The van der Waals surface area contributed by atoms with Crippen molar-refractivity contribution in [2.75, 3.05) is 20.3 Å². The Kier molecular flexibility index (Phi) is 4.29. The van der Waals surface area contributed by atoms with Crippen molar-refractivity contribution in [2.45, 2.75) is 31.8 Å². The first-order chi connectivity index (χ1) is 10.7. The van der Waals surface area contributed by atoms with Gasteiger partial charge in [0.1, 0.15) is 5.75 Å². The minimum Gasteiger partial charge on any atom is -0.497 e. The van der Waals surface area contributed by atoms with Crippen LogP contribution in [0.15, 0.2) is 24.3 Å². The van der Waals surface area contributed by atoms with Crippen LogP contribution in [0.4, 0.5) is 4.79 Å². The fourth-order valence-electron chi connectivity index (χ4n) is 2.64. The molecule has 6 nitrogen and oxygen atoms in total. The number of nitrogens with one attached hydrogen (secondary N) is 1. The molecule has 1 aromatic carbocycles. The number of carbonyl (C=O) groups is 2. The number of amides is 3. The van der Waals surface area contributed by atoms with E-state index in [2.05, 4.69) is 10.2 Å².